The Kier molecular flexibility index (Phi) is 3.48. The minimum absolute atomic E-state index is 0.701. The van der Waals surface area contributed by atoms with Crippen LogP contribution in [0.4, 0.5) is 13.2 Å². The highest BCUT2D eigenvalue weighted by molar-refractivity contribution is 5.06. The maximum Gasteiger partial charge on any atom is 0.416 e. The van der Waals surface area contributed by atoms with Crippen LogP contribution in [0.2, 0.25) is 0 Å². The molecule has 0 aliphatic heterocycles. The minimum Gasteiger partial charge on any atom is -0.381 e. The SMILES string of the molecule is C1=CC2CCC1C2.CC(C)(O)C(F)(F)F. The quantitative estimate of drug-likeness (QED) is 0.623. The molecular formula is C11H17F3O. The number of halogens is 3. The Balaban J connectivity index is 0.000000150. The number of hydrogen-bond acceptors (Lipinski definition) is 1. The van der Waals surface area contributed by atoms with Crippen molar-refractivity contribution in [2.24, 2.45) is 11.8 Å². The molecule has 2 aliphatic carbocycles. The molecule has 0 aromatic carbocycles. The lowest BCUT2D eigenvalue weighted by molar-refractivity contribution is -0.245. The Bertz CT molecular complexity index is 213. The summed E-state index contributed by atoms with van der Waals surface area (Å²) < 4.78 is 33.9. The van der Waals surface area contributed by atoms with E-state index in [0.29, 0.717) is 13.8 Å². The van der Waals surface area contributed by atoms with Gasteiger partial charge in [-0.2, -0.15) is 13.2 Å². The van der Waals surface area contributed by atoms with E-state index in [1.54, 1.807) is 0 Å². The van der Waals surface area contributed by atoms with Gasteiger partial charge in [-0.3, -0.25) is 0 Å². The third-order valence-corrected chi connectivity index (χ3v) is 2.86. The molecule has 0 spiro atoms. The summed E-state index contributed by atoms with van der Waals surface area (Å²) in [5.41, 5.74) is -2.56. The van der Waals surface area contributed by atoms with Gasteiger partial charge >= 0.3 is 6.18 Å². The van der Waals surface area contributed by atoms with E-state index in [0.717, 1.165) is 11.8 Å². The highest BCUT2D eigenvalue weighted by Crippen LogP contribution is 2.38. The van der Waals surface area contributed by atoms with Gasteiger partial charge in [-0.15, -0.1) is 0 Å². The fraction of sp³-hybridized carbons (Fsp3) is 0.818. The summed E-state index contributed by atoms with van der Waals surface area (Å²) in [5, 5.41) is 8.23. The number of hydrogen-bond donors (Lipinski definition) is 1. The Labute approximate surface area is 88.0 Å². The van der Waals surface area contributed by atoms with Gasteiger partial charge in [-0.05, 0) is 44.9 Å². The van der Waals surface area contributed by atoms with Gasteiger partial charge < -0.3 is 5.11 Å². The van der Waals surface area contributed by atoms with Crippen molar-refractivity contribution in [2.75, 3.05) is 0 Å². The Morgan fingerprint density at radius 1 is 1.07 bits per heavy atom. The van der Waals surface area contributed by atoms with Crippen molar-refractivity contribution in [1.82, 2.24) is 0 Å². The zero-order valence-corrected chi connectivity index (χ0v) is 9.01. The van der Waals surface area contributed by atoms with Crippen LogP contribution >= 0.6 is 0 Å². The lowest BCUT2D eigenvalue weighted by atomic mass is 10.1. The van der Waals surface area contributed by atoms with E-state index in [2.05, 4.69) is 12.2 Å². The van der Waals surface area contributed by atoms with E-state index in [9.17, 15) is 13.2 Å². The standard InChI is InChI=1S/C7H10.C4H7F3O/c1-2-7-4-3-6(1)5-7;1-3(2,8)4(5,6)7/h1-2,6-7H,3-5H2;8H,1-2H3. The van der Waals surface area contributed by atoms with E-state index in [1.165, 1.54) is 19.3 Å². The van der Waals surface area contributed by atoms with Crippen molar-refractivity contribution in [3.63, 3.8) is 0 Å². The summed E-state index contributed by atoms with van der Waals surface area (Å²) >= 11 is 0. The number of alkyl halides is 3. The molecule has 1 nitrogen and oxygen atoms in total. The zero-order valence-electron chi connectivity index (χ0n) is 9.01. The molecule has 2 atom stereocenters. The summed E-state index contributed by atoms with van der Waals surface area (Å²) in [7, 11) is 0. The second-order valence-corrected chi connectivity index (χ2v) is 4.77. The largest absolute Gasteiger partial charge is 0.416 e. The average Bonchev–Trinajstić information content (AvgIpc) is 2.62. The fourth-order valence-corrected chi connectivity index (χ4v) is 1.72. The molecule has 2 unspecified atom stereocenters. The molecule has 1 saturated carbocycles. The third-order valence-electron chi connectivity index (χ3n) is 2.86. The molecule has 88 valence electrons. The summed E-state index contributed by atoms with van der Waals surface area (Å²) in [4.78, 5) is 0. The third kappa shape index (κ3) is 3.52. The number of fused-ring (bicyclic) bond motifs is 2. The molecule has 0 amide bonds. The van der Waals surface area contributed by atoms with E-state index in [4.69, 9.17) is 5.11 Å². The molecule has 2 bridgehead atoms. The maximum atomic E-state index is 11.3. The lowest BCUT2D eigenvalue weighted by Crippen LogP contribution is -2.38. The molecular weight excluding hydrogens is 205 g/mol. The van der Waals surface area contributed by atoms with Gasteiger partial charge in [-0.1, -0.05) is 12.2 Å². The first-order valence-electron chi connectivity index (χ1n) is 5.17. The Morgan fingerprint density at radius 3 is 1.47 bits per heavy atom. The normalized spacial score (nSPS) is 28.9. The van der Waals surface area contributed by atoms with Crippen LogP contribution in [0.3, 0.4) is 0 Å². The van der Waals surface area contributed by atoms with Gasteiger partial charge in [0.1, 0.15) is 0 Å². The van der Waals surface area contributed by atoms with Gasteiger partial charge in [0, 0.05) is 0 Å². The van der Waals surface area contributed by atoms with E-state index in [1.807, 2.05) is 0 Å². The Morgan fingerprint density at radius 2 is 1.40 bits per heavy atom. The molecule has 0 saturated heterocycles. The fourth-order valence-electron chi connectivity index (χ4n) is 1.72. The van der Waals surface area contributed by atoms with Crippen molar-refractivity contribution >= 4 is 0 Å². The summed E-state index contributed by atoms with van der Waals surface area (Å²) in [6.07, 6.45) is 4.68. The van der Waals surface area contributed by atoms with Gasteiger partial charge in [0.2, 0.25) is 0 Å². The molecule has 1 N–H and O–H groups in total. The lowest BCUT2D eigenvalue weighted by Gasteiger charge is -2.20. The van der Waals surface area contributed by atoms with Crippen LogP contribution in [0.5, 0.6) is 0 Å². The molecule has 0 aromatic rings. The van der Waals surface area contributed by atoms with Crippen LogP contribution in [0.25, 0.3) is 0 Å². The summed E-state index contributed by atoms with van der Waals surface area (Å²) in [6, 6.07) is 0. The molecule has 2 aliphatic rings. The van der Waals surface area contributed by atoms with Gasteiger partial charge in [-0.25, -0.2) is 0 Å². The van der Waals surface area contributed by atoms with Crippen molar-refractivity contribution in [3.8, 4) is 0 Å². The minimum atomic E-state index is -4.51. The molecule has 0 radical (unpaired) electrons. The van der Waals surface area contributed by atoms with Crippen LogP contribution in [-0.4, -0.2) is 16.9 Å². The van der Waals surface area contributed by atoms with Crippen molar-refractivity contribution < 1.29 is 18.3 Å². The topological polar surface area (TPSA) is 20.2 Å². The first-order chi connectivity index (χ1) is 6.70. The first kappa shape index (κ1) is 12.6. The van der Waals surface area contributed by atoms with Crippen LogP contribution in [0, 0.1) is 11.8 Å². The molecule has 0 heterocycles. The molecule has 2 rings (SSSR count). The molecule has 0 aromatic heterocycles. The maximum absolute atomic E-state index is 11.3. The van der Waals surface area contributed by atoms with Crippen LogP contribution in [0.1, 0.15) is 33.1 Å². The van der Waals surface area contributed by atoms with E-state index >= 15 is 0 Å². The monoisotopic (exact) mass is 222 g/mol. The van der Waals surface area contributed by atoms with E-state index in [-0.39, 0.29) is 0 Å². The molecule has 15 heavy (non-hydrogen) atoms. The van der Waals surface area contributed by atoms with Crippen LogP contribution < -0.4 is 0 Å². The number of aliphatic hydroxyl groups is 1. The van der Waals surface area contributed by atoms with Gasteiger partial charge in [0.05, 0.1) is 0 Å². The summed E-state index contributed by atoms with van der Waals surface area (Å²) in [6.45, 7) is 1.40. The number of allylic oxidation sites excluding steroid dienone is 2. The predicted molar refractivity (Wildman–Crippen MR) is 52.3 cm³/mol. The predicted octanol–water partition coefficient (Wildman–Crippen LogP) is 3.29. The Hall–Kier alpha value is -0.510. The van der Waals surface area contributed by atoms with Crippen molar-refractivity contribution in [3.05, 3.63) is 12.2 Å². The molecule has 4 heteroatoms. The smallest absolute Gasteiger partial charge is 0.381 e. The van der Waals surface area contributed by atoms with Crippen molar-refractivity contribution in [1.29, 1.82) is 0 Å². The average molecular weight is 222 g/mol. The van der Waals surface area contributed by atoms with Crippen LogP contribution in [0.15, 0.2) is 12.2 Å². The molecule has 1 fully saturated rings. The highest BCUT2D eigenvalue weighted by atomic mass is 19.4. The first-order valence-corrected chi connectivity index (χ1v) is 5.17. The van der Waals surface area contributed by atoms with Crippen molar-refractivity contribution in [2.45, 2.75) is 44.9 Å². The zero-order chi connectivity index (χ0) is 11.7. The van der Waals surface area contributed by atoms with Crippen LogP contribution in [-0.2, 0) is 0 Å². The van der Waals surface area contributed by atoms with E-state index < -0.39 is 11.8 Å². The second-order valence-electron chi connectivity index (χ2n) is 4.77. The number of rotatable bonds is 0. The van der Waals surface area contributed by atoms with Gasteiger partial charge in [0.25, 0.3) is 0 Å². The summed E-state index contributed by atoms with van der Waals surface area (Å²) in [5.74, 6) is 1.98. The highest BCUT2D eigenvalue weighted by Gasteiger charge is 2.45. The van der Waals surface area contributed by atoms with Gasteiger partial charge in [0.15, 0.2) is 5.60 Å². The second kappa shape index (κ2) is 4.16.